The first-order valence-electron chi connectivity index (χ1n) is 7.15. The van der Waals surface area contributed by atoms with Crippen LogP contribution in [0.4, 0.5) is 0 Å². The molecule has 0 saturated carbocycles. The SMILES string of the molecule is N=C(N)NCCCCNC(=O)C(Cc1ccccc1)N[C]=O. The standard InChI is InChI=1S/C15H22N5O2/c16-15(17)19-9-5-4-8-18-14(22)13(20-11-21)10-12-6-2-1-3-7-12/h1-3,6-7,13H,4-5,8-10H2,(H,18,22)(H,20,21)(H4,16,17,19). The fraction of sp³-hybridized carbons (Fsp3) is 0.400. The van der Waals surface area contributed by atoms with Gasteiger partial charge in [-0.1, -0.05) is 30.3 Å². The second-order valence-electron chi connectivity index (χ2n) is 4.83. The molecule has 1 unspecified atom stereocenters. The van der Waals surface area contributed by atoms with Crippen LogP contribution in [0.2, 0.25) is 0 Å². The first kappa shape index (κ1) is 17.5. The van der Waals surface area contributed by atoms with E-state index < -0.39 is 6.04 Å². The maximum Gasteiger partial charge on any atom is 0.309 e. The quantitative estimate of drug-likeness (QED) is 0.175. The normalized spacial score (nSPS) is 11.3. The molecule has 1 aromatic rings. The summed E-state index contributed by atoms with van der Waals surface area (Å²) in [7, 11) is 0. The van der Waals surface area contributed by atoms with Crippen molar-refractivity contribution in [2.75, 3.05) is 13.1 Å². The summed E-state index contributed by atoms with van der Waals surface area (Å²) in [4.78, 5) is 22.6. The van der Waals surface area contributed by atoms with Crippen LogP contribution in [0.5, 0.6) is 0 Å². The highest BCUT2D eigenvalue weighted by atomic mass is 16.2. The summed E-state index contributed by atoms with van der Waals surface area (Å²) < 4.78 is 0. The van der Waals surface area contributed by atoms with Crippen molar-refractivity contribution < 1.29 is 9.59 Å². The molecule has 1 aromatic carbocycles. The van der Waals surface area contributed by atoms with Crippen molar-refractivity contribution in [3.63, 3.8) is 0 Å². The number of hydrogen-bond acceptors (Lipinski definition) is 3. The zero-order valence-corrected chi connectivity index (χ0v) is 12.4. The van der Waals surface area contributed by atoms with Gasteiger partial charge in [-0.3, -0.25) is 15.0 Å². The Hall–Kier alpha value is -2.57. The molecule has 0 fully saturated rings. The minimum atomic E-state index is -0.629. The molecule has 0 aromatic heterocycles. The van der Waals surface area contributed by atoms with Gasteiger partial charge in [0.2, 0.25) is 5.91 Å². The number of rotatable bonds is 10. The van der Waals surface area contributed by atoms with Gasteiger partial charge in [-0.2, -0.15) is 0 Å². The Labute approximate surface area is 130 Å². The van der Waals surface area contributed by atoms with E-state index in [9.17, 15) is 9.59 Å². The van der Waals surface area contributed by atoms with Crippen molar-refractivity contribution in [1.29, 1.82) is 5.41 Å². The maximum atomic E-state index is 12.1. The number of nitrogens with one attached hydrogen (secondary N) is 4. The van der Waals surface area contributed by atoms with Crippen LogP contribution in [0, 0.1) is 5.41 Å². The number of amides is 2. The number of carbonyl (C=O) groups excluding carboxylic acids is 2. The molecule has 0 saturated heterocycles. The molecule has 0 aliphatic rings. The highest BCUT2D eigenvalue weighted by Gasteiger charge is 2.17. The molecule has 119 valence electrons. The van der Waals surface area contributed by atoms with Gasteiger partial charge in [0.1, 0.15) is 6.04 Å². The summed E-state index contributed by atoms with van der Waals surface area (Å²) in [6.07, 6.45) is 3.56. The summed E-state index contributed by atoms with van der Waals surface area (Å²) in [6.45, 7) is 1.10. The molecule has 0 aliphatic carbocycles. The first-order chi connectivity index (χ1) is 10.6. The van der Waals surface area contributed by atoms with Crippen LogP contribution in [-0.4, -0.2) is 37.4 Å². The van der Waals surface area contributed by atoms with Gasteiger partial charge in [0.15, 0.2) is 5.96 Å². The summed E-state index contributed by atoms with van der Waals surface area (Å²) in [5.74, 6) is -0.288. The second-order valence-corrected chi connectivity index (χ2v) is 4.83. The van der Waals surface area contributed by atoms with Crippen LogP contribution in [-0.2, 0) is 16.0 Å². The predicted octanol–water partition coefficient (Wildman–Crippen LogP) is -0.366. The molecule has 1 atom stereocenters. The van der Waals surface area contributed by atoms with Crippen LogP contribution in [0.15, 0.2) is 30.3 Å². The Kier molecular flexibility index (Phi) is 8.10. The van der Waals surface area contributed by atoms with Crippen LogP contribution in [0.25, 0.3) is 0 Å². The average molecular weight is 304 g/mol. The summed E-state index contributed by atoms with van der Waals surface area (Å²) in [6, 6.07) is 8.84. The van der Waals surface area contributed by atoms with Crippen molar-refractivity contribution in [3.8, 4) is 0 Å². The zero-order valence-electron chi connectivity index (χ0n) is 12.4. The number of benzene rings is 1. The highest BCUT2D eigenvalue weighted by Crippen LogP contribution is 2.03. The molecular weight excluding hydrogens is 282 g/mol. The van der Waals surface area contributed by atoms with Gasteiger partial charge in [0.25, 0.3) is 0 Å². The average Bonchev–Trinajstić information content (AvgIpc) is 2.51. The zero-order chi connectivity index (χ0) is 16.2. The lowest BCUT2D eigenvalue weighted by Crippen LogP contribution is -2.45. The molecule has 0 heterocycles. The lowest BCUT2D eigenvalue weighted by atomic mass is 10.1. The van der Waals surface area contributed by atoms with Gasteiger partial charge in [0.05, 0.1) is 0 Å². The van der Waals surface area contributed by atoms with Crippen molar-refractivity contribution in [2.45, 2.75) is 25.3 Å². The molecule has 1 rings (SSSR count). The molecule has 0 bridgehead atoms. The third-order valence-corrected chi connectivity index (χ3v) is 3.05. The number of hydrogen-bond donors (Lipinski definition) is 5. The summed E-state index contributed by atoms with van der Waals surface area (Å²) in [5, 5.41) is 14.9. The molecule has 0 aliphatic heterocycles. The van der Waals surface area contributed by atoms with Gasteiger partial charge < -0.3 is 21.7 Å². The van der Waals surface area contributed by atoms with E-state index >= 15 is 0 Å². The van der Waals surface area contributed by atoms with Gasteiger partial charge in [-0.05, 0) is 18.4 Å². The van der Waals surface area contributed by atoms with Crippen molar-refractivity contribution in [3.05, 3.63) is 35.9 Å². The molecular formula is C15H22N5O2. The van der Waals surface area contributed by atoms with Gasteiger partial charge in [0, 0.05) is 19.5 Å². The van der Waals surface area contributed by atoms with Gasteiger partial charge in [-0.15, -0.1) is 0 Å². The van der Waals surface area contributed by atoms with Crippen LogP contribution >= 0.6 is 0 Å². The van der Waals surface area contributed by atoms with E-state index in [2.05, 4.69) is 16.0 Å². The summed E-state index contributed by atoms with van der Waals surface area (Å²) in [5.41, 5.74) is 6.13. The Bertz CT molecular complexity index is 478. The Balaban J connectivity index is 2.32. The molecule has 1 radical (unpaired) electrons. The molecule has 2 amide bonds. The Morgan fingerprint density at radius 1 is 1.18 bits per heavy atom. The predicted molar refractivity (Wildman–Crippen MR) is 84.9 cm³/mol. The van der Waals surface area contributed by atoms with E-state index in [0.29, 0.717) is 19.5 Å². The number of nitrogens with two attached hydrogens (primary N) is 1. The van der Waals surface area contributed by atoms with Crippen molar-refractivity contribution in [1.82, 2.24) is 16.0 Å². The van der Waals surface area contributed by atoms with Crippen molar-refractivity contribution in [2.24, 2.45) is 5.73 Å². The second kappa shape index (κ2) is 10.2. The van der Waals surface area contributed by atoms with Gasteiger partial charge >= 0.3 is 6.41 Å². The topological polar surface area (TPSA) is 120 Å². The smallest absolute Gasteiger partial charge is 0.309 e. The van der Waals surface area contributed by atoms with Crippen LogP contribution in [0.1, 0.15) is 18.4 Å². The third-order valence-electron chi connectivity index (χ3n) is 3.05. The lowest BCUT2D eigenvalue weighted by Gasteiger charge is -2.15. The Morgan fingerprint density at radius 2 is 1.82 bits per heavy atom. The lowest BCUT2D eigenvalue weighted by molar-refractivity contribution is -0.122. The maximum absolute atomic E-state index is 12.1. The molecule has 7 nitrogen and oxygen atoms in total. The molecule has 22 heavy (non-hydrogen) atoms. The largest absolute Gasteiger partial charge is 0.370 e. The molecule has 7 heteroatoms. The minimum absolute atomic E-state index is 0.0577. The van der Waals surface area contributed by atoms with E-state index in [1.165, 1.54) is 0 Å². The monoisotopic (exact) mass is 304 g/mol. The van der Waals surface area contributed by atoms with Crippen molar-refractivity contribution >= 4 is 18.3 Å². The van der Waals surface area contributed by atoms with Crippen LogP contribution in [0.3, 0.4) is 0 Å². The third kappa shape index (κ3) is 7.28. The fourth-order valence-electron chi connectivity index (χ4n) is 1.94. The van der Waals surface area contributed by atoms with E-state index in [4.69, 9.17) is 11.1 Å². The highest BCUT2D eigenvalue weighted by molar-refractivity contribution is 5.83. The number of guanidine groups is 1. The molecule has 0 spiro atoms. The number of carbonyl (C=O) groups is 1. The van der Waals surface area contributed by atoms with E-state index in [1.807, 2.05) is 30.3 Å². The van der Waals surface area contributed by atoms with Crippen LogP contribution < -0.4 is 21.7 Å². The fourth-order valence-corrected chi connectivity index (χ4v) is 1.94. The Morgan fingerprint density at radius 3 is 2.41 bits per heavy atom. The van der Waals surface area contributed by atoms with E-state index in [0.717, 1.165) is 18.4 Å². The van der Waals surface area contributed by atoms with E-state index in [1.54, 1.807) is 6.41 Å². The van der Waals surface area contributed by atoms with Gasteiger partial charge in [-0.25, -0.2) is 0 Å². The number of unbranched alkanes of at least 4 members (excludes halogenated alkanes) is 1. The van der Waals surface area contributed by atoms with E-state index in [-0.39, 0.29) is 11.9 Å². The first-order valence-corrected chi connectivity index (χ1v) is 7.15. The summed E-state index contributed by atoms with van der Waals surface area (Å²) >= 11 is 0. The molecule has 6 N–H and O–H groups in total. The minimum Gasteiger partial charge on any atom is -0.370 e.